The van der Waals surface area contributed by atoms with Crippen LogP contribution in [0.4, 0.5) is 13.2 Å². The Morgan fingerprint density at radius 3 is 2.18 bits per heavy atom. The number of hydrogen-bond acceptors (Lipinski definition) is 2. The zero-order valence-corrected chi connectivity index (χ0v) is 10.6. The molecule has 1 aromatic rings. The third kappa shape index (κ3) is 3.13. The number of halogens is 4. The third-order valence-corrected chi connectivity index (χ3v) is 4.13. The Kier molecular flexibility index (Phi) is 3.78. The maximum Gasteiger partial charge on any atom is 0.410 e. The second-order valence-corrected chi connectivity index (χ2v) is 6.40. The molecule has 0 radical (unpaired) electrons. The third-order valence-electron chi connectivity index (χ3n) is 2.51. The summed E-state index contributed by atoms with van der Waals surface area (Å²) in [5, 5.41) is -2.68. The Bertz CT molecular complexity index is 523. The van der Waals surface area contributed by atoms with Crippen molar-refractivity contribution < 1.29 is 21.6 Å². The molecule has 1 aromatic carbocycles. The van der Waals surface area contributed by atoms with E-state index in [-0.39, 0.29) is 11.1 Å². The molecule has 96 valence electrons. The van der Waals surface area contributed by atoms with Crippen LogP contribution in [0.15, 0.2) is 18.2 Å². The van der Waals surface area contributed by atoms with Gasteiger partial charge in [0.05, 0.1) is 0 Å². The Morgan fingerprint density at radius 1 is 1.24 bits per heavy atom. The van der Waals surface area contributed by atoms with Crippen molar-refractivity contribution in [3.63, 3.8) is 0 Å². The Balaban J connectivity index is 3.50. The molecule has 0 bridgehead atoms. The Labute approximate surface area is 102 Å². The number of alkyl halides is 3. The minimum absolute atomic E-state index is 0.277. The van der Waals surface area contributed by atoms with Crippen molar-refractivity contribution in [1.82, 2.24) is 0 Å². The molecule has 0 N–H and O–H groups in total. The van der Waals surface area contributed by atoms with Crippen LogP contribution in [0.25, 0.3) is 0 Å². The van der Waals surface area contributed by atoms with Crippen LogP contribution >= 0.6 is 10.7 Å². The molecule has 1 unspecified atom stereocenters. The fourth-order valence-corrected chi connectivity index (χ4v) is 3.01. The van der Waals surface area contributed by atoms with Crippen LogP contribution in [0, 0.1) is 13.8 Å². The van der Waals surface area contributed by atoms with Gasteiger partial charge in [-0.1, -0.05) is 18.2 Å². The highest BCUT2D eigenvalue weighted by Gasteiger charge is 2.49. The topological polar surface area (TPSA) is 34.1 Å². The van der Waals surface area contributed by atoms with E-state index < -0.39 is 20.5 Å². The van der Waals surface area contributed by atoms with Crippen LogP contribution in [-0.4, -0.2) is 14.6 Å². The van der Waals surface area contributed by atoms with Crippen LogP contribution < -0.4 is 0 Å². The number of benzene rings is 1. The maximum atomic E-state index is 12.7. The van der Waals surface area contributed by atoms with Crippen molar-refractivity contribution in [3.05, 3.63) is 34.9 Å². The number of hydrogen-bond donors (Lipinski definition) is 0. The predicted octanol–water partition coefficient (Wildman–Crippen LogP) is 3.48. The smallest absolute Gasteiger partial charge is 0.211 e. The largest absolute Gasteiger partial charge is 0.410 e. The van der Waals surface area contributed by atoms with E-state index in [9.17, 15) is 21.6 Å². The molecule has 2 nitrogen and oxygen atoms in total. The van der Waals surface area contributed by atoms with Gasteiger partial charge in [-0.15, -0.1) is 0 Å². The minimum atomic E-state index is -4.93. The molecule has 0 aliphatic heterocycles. The fraction of sp³-hybridized carbons (Fsp3) is 0.400. The summed E-state index contributed by atoms with van der Waals surface area (Å²) in [6.07, 6.45) is -4.93. The molecule has 0 amide bonds. The molecule has 0 aliphatic carbocycles. The lowest BCUT2D eigenvalue weighted by atomic mass is 10.0. The molecule has 7 heteroatoms. The maximum absolute atomic E-state index is 12.7. The van der Waals surface area contributed by atoms with Crippen molar-refractivity contribution >= 4 is 19.7 Å². The molecule has 0 saturated heterocycles. The van der Waals surface area contributed by atoms with Crippen LogP contribution in [0.5, 0.6) is 0 Å². The van der Waals surface area contributed by atoms with E-state index in [1.54, 1.807) is 13.0 Å². The zero-order chi connectivity index (χ0) is 13.4. The quantitative estimate of drug-likeness (QED) is 0.780. The molecule has 17 heavy (non-hydrogen) atoms. The van der Waals surface area contributed by atoms with Crippen LogP contribution in [-0.2, 0) is 9.05 Å². The summed E-state index contributed by atoms with van der Waals surface area (Å²) in [4.78, 5) is 0. The summed E-state index contributed by atoms with van der Waals surface area (Å²) >= 11 is 0. The average Bonchev–Trinajstić information content (AvgIpc) is 2.08. The van der Waals surface area contributed by atoms with E-state index in [2.05, 4.69) is 0 Å². The first-order valence-corrected chi connectivity index (χ1v) is 6.98. The number of aryl methyl sites for hydroxylation is 1. The molecular weight excluding hydrogens is 277 g/mol. The van der Waals surface area contributed by atoms with E-state index in [0.29, 0.717) is 5.56 Å². The normalized spacial score (nSPS) is 14.7. The number of rotatable bonds is 2. The minimum Gasteiger partial charge on any atom is -0.211 e. The first kappa shape index (κ1) is 14.3. The molecule has 0 spiro atoms. The SMILES string of the molecule is Cc1cccc(C(C(F)(F)F)S(=O)(=O)Cl)c1C. The van der Waals surface area contributed by atoms with Gasteiger partial charge in [0.15, 0.2) is 5.25 Å². The molecule has 1 rings (SSSR count). The molecule has 0 aliphatic rings. The zero-order valence-electron chi connectivity index (χ0n) is 9.05. The molecule has 1 atom stereocenters. The van der Waals surface area contributed by atoms with Crippen molar-refractivity contribution in [2.45, 2.75) is 25.3 Å². The van der Waals surface area contributed by atoms with Gasteiger partial charge in [0.25, 0.3) is 0 Å². The van der Waals surface area contributed by atoms with E-state index >= 15 is 0 Å². The standard InChI is InChI=1S/C10H10ClF3O2S/c1-6-4-3-5-8(7(6)2)9(10(12,13)14)17(11,15)16/h3-5,9H,1-2H3. The second kappa shape index (κ2) is 4.49. The lowest BCUT2D eigenvalue weighted by Gasteiger charge is -2.20. The van der Waals surface area contributed by atoms with Gasteiger partial charge in [0.1, 0.15) is 0 Å². The van der Waals surface area contributed by atoms with E-state index in [0.717, 1.165) is 6.07 Å². The van der Waals surface area contributed by atoms with Gasteiger partial charge in [0, 0.05) is 10.7 Å². The molecule has 0 saturated carbocycles. The van der Waals surface area contributed by atoms with Gasteiger partial charge in [-0.25, -0.2) is 8.42 Å². The second-order valence-electron chi connectivity index (χ2n) is 3.69. The van der Waals surface area contributed by atoms with Crippen molar-refractivity contribution in [2.75, 3.05) is 0 Å². The summed E-state index contributed by atoms with van der Waals surface area (Å²) < 4.78 is 60.4. The highest BCUT2D eigenvalue weighted by molar-refractivity contribution is 8.14. The predicted molar refractivity (Wildman–Crippen MR) is 59.5 cm³/mol. The van der Waals surface area contributed by atoms with Crippen LogP contribution in [0.3, 0.4) is 0 Å². The van der Waals surface area contributed by atoms with Crippen molar-refractivity contribution in [3.8, 4) is 0 Å². The van der Waals surface area contributed by atoms with E-state index in [1.165, 1.54) is 13.0 Å². The van der Waals surface area contributed by atoms with Gasteiger partial charge in [-0.2, -0.15) is 13.2 Å². The van der Waals surface area contributed by atoms with E-state index in [4.69, 9.17) is 10.7 Å². The fourth-order valence-electron chi connectivity index (χ4n) is 1.55. The first-order valence-electron chi connectivity index (χ1n) is 4.61. The van der Waals surface area contributed by atoms with Gasteiger partial charge in [-0.3, -0.25) is 0 Å². The van der Waals surface area contributed by atoms with Crippen LogP contribution in [0.1, 0.15) is 21.9 Å². The Morgan fingerprint density at radius 2 is 1.76 bits per heavy atom. The molecule has 0 heterocycles. The lowest BCUT2D eigenvalue weighted by molar-refractivity contribution is -0.131. The van der Waals surface area contributed by atoms with Crippen molar-refractivity contribution in [2.24, 2.45) is 0 Å². The van der Waals surface area contributed by atoms with Gasteiger partial charge in [-0.05, 0) is 30.5 Å². The first-order chi connectivity index (χ1) is 7.55. The summed E-state index contributed by atoms with van der Waals surface area (Å²) in [5.41, 5.74) is 0.531. The van der Waals surface area contributed by atoms with E-state index in [1.807, 2.05) is 0 Å². The average molecular weight is 287 g/mol. The van der Waals surface area contributed by atoms with Crippen LogP contribution in [0.2, 0.25) is 0 Å². The van der Waals surface area contributed by atoms with Gasteiger partial charge in [0.2, 0.25) is 9.05 Å². The summed E-state index contributed by atoms with van der Waals surface area (Å²) in [5.74, 6) is 0. The summed E-state index contributed by atoms with van der Waals surface area (Å²) in [6.45, 7) is 3.04. The van der Waals surface area contributed by atoms with Gasteiger partial charge >= 0.3 is 6.18 Å². The van der Waals surface area contributed by atoms with Gasteiger partial charge < -0.3 is 0 Å². The molecule has 0 aromatic heterocycles. The molecular formula is C10H10ClF3O2S. The summed E-state index contributed by atoms with van der Waals surface area (Å²) in [7, 11) is 0.127. The molecule has 0 fully saturated rings. The van der Waals surface area contributed by atoms with Crippen molar-refractivity contribution in [1.29, 1.82) is 0 Å². The highest BCUT2D eigenvalue weighted by Crippen LogP contribution is 2.42. The summed E-state index contributed by atoms with van der Waals surface area (Å²) in [6, 6.07) is 4.10. The lowest BCUT2D eigenvalue weighted by Crippen LogP contribution is -2.26. The Hall–Kier alpha value is -0.750. The highest BCUT2D eigenvalue weighted by atomic mass is 35.7. The monoisotopic (exact) mass is 286 g/mol.